The van der Waals surface area contributed by atoms with Crippen LogP contribution in [0.15, 0.2) is 23.1 Å². The number of hydrogen-bond acceptors (Lipinski definition) is 2. The Morgan fingerprint density at radius 3 is 2.75 bits per heavy atom. The van der Waals surface area contributed by atoms with E-state index in [2.05, 4.69) is 4.90 Å². The Balaban J connectivity index is 1.85. The molecule has 1 aliphatic heterocycles. The predicted octanol–water partition coefficient (Wildman–Crippen LogP) is 1.64. The van der Waals surface area contributed by atoms with Gasteiger partial charge < -0.3 is 9.47 Å². The molecule has 1 fully saturated rings. The molecule has 0 aromatic carbocycles. The van der Waals surface area contributed by atoms with Crippen molar-refractivity contribution in [2.24, 2.45) is 0 Å². The average molecular weight is 220 g/mol. The predicted molar refractivity (Wildman–Crippen MR) is 65.7 cm³/mol. The molecule has 2 rings (SSSR count). The average Bonchev–Trinajstić information content (AvgIpc) is 2.77. The Bertz CT molecular complexity index is 391. The van der Waals surface area contributed by atoms with Gasteiger partial charge >= 0.3 is 0 Å². The van der Waals surface area contributed by atoms with Gasteiger partial charge in [0.1, 0.15) is 0 Å². The fraction of sp³-hybridized carbons (Fsp3) is 0.615. The van der Waals surface area contributed by atoms with Crippen molar-refractivity contribution in [3.8, 4) is 0 Å². The zero-order valence-electron chi connectivity index (χ0n) is 9.98. The van der Waals surface area contributed by atoms with Crippen molar-refractivity contribution in [2.75, 3.05) is 19.6 Å². The SMILES string of the molecule is Cc1cccn(CCCN2CCCC2)c1=O. The highest BCUT2D eigenvalue weighted by atomic mass is 16.1. The molecule has 0 unspecified atom stereocenters. The summed E-state index contributed by atoms with van der Waals surface area (Å²) < 4.78 is 1.82. The largest absolute Gasteiger partial charge is 0.315 e. The first-order chi connectivity index (χ1) is 7.77. The number of likely N-dealkylation sites (tertiary alicyclic amines) is 1. The molecule has 0 bridgehead atoms. The molecular weight excluding hydrogens is 200 g/mol. The number of rotatable bonds is 4. The van der Waals surface area contributed by atoms with Crippen molar-refractivity contribution in [3.63, 3.8) is 0 Å². The van der Waals surface area contributed by atoms with Gasteiger partial charge in [-0.25, -0.2) is 0 Å². The van der Waals surface area contributed by atoms with Gasteiger partial charge in [-0.1, -0.05) is 6.07 Å². The molecule has 0 spiro atoms. The summed E-state index contributed by atoms with van der Waals surface area (Å²) in [6.07, 6.45) is 5.64. The molecule has 3 nitrogen and oxygen atoms in total. The van der Waals surface area contributed by atoms with Gasteiger partial charge in [0.2, 0.25) is 0 Å². The maximum absolute atomic E-state index is 11.7. The van der Waals surface area contributed by atoms with Crippen LogP contribution in [-0.4, -0.2) is 29.1 Å². The highest BCUT2D eigenvalue weighted by Gasteiger charge is 2.10. The van der Waals surface area contributed by atoms with Gasteiger partial charge in [0.05, 0.1) is 0 Å². The third-order valence-electron chi connectivity index (χ3n) is 3.28. The first kappa shape index (κ1) is 11.4. The molecule has 0 atom stereocenters. The van der Waals surface area contributed by atoms with Crippen molar-refractivity contribution >= 4 is 0 Å². The minimum atomic E-state index is 0.156. The van der Waals surface area contributed by atoms with Gasteiger partial charge in [0, 0.05) is 18.3 Å². The summed E-state index contributed by atoms with van der Waals surface area (Å²) in [5, 5.41) is 0. The first-order valence-corrected chi connectivity index (χ1v) is 6.16. The van der Waals surface area contributed by atoms with E-state index >= 15 is 0 Å². The van der Waals surface area contributed by atoms with Crippen LogP contribution >= 0.6 is 0 Å². The Kier molecular flexibility index (Phi) is 3.78. The number of aromatic nitrogens is 1. The van der Waals surface area contributed by atoms with E-state index in [9.17, 15) is 4.79 Å². The fourth-order valence-electron chi connectivity index (χ4n) is 2.30. The van der Waals surface area contributed by atoms with Crippen LogP contribution in [0.3, 0.4) is 0 Å². The summed E-state index contributed by atoms with van der Waals surface area (Å²) in [5.74, 6) is 0. The molecule has 1 aliphatic rings. The topological polar surface area (TPSA) is 25.2 Å². The third-order valence-corrected chi connectivity index (χ3v) is 3.28. The quantitative estimate of drug-likeness (QED) is 0.771. The molecule has 88 valence electrons. The van der Waals surface area contributed by atoms with Crippen LogP contribution in [0.1, 0.15) is 24.8 Å². The normalized spacial score (nSPS) is 16.8. The lowest BCUT2D eigenvalue weighted by Gasteiger charge is -2.14. The maximum atomic E-state index is 11.7. The van der Waals surface area contributed by atoms with Crippen LogP contribution < -0.4 is 5.56 Å². The Morgan fingerprint density at radius 1 is 1.25 bits per heavy atom. The minimum Gasteiger partial charge on any atom is -0.315 e. The lowest BCUT2D eigenvalue weighted by molar-refractivity contribution is 0.324. The minimum absolute atomic E-state index is 0.156. The molecule has 3 heteroatoms. The van der Waals surface area contributed by atoms with Gasteiger partial charge in [-0.05, 0) is 51.9 Å². The summed E-state index contributed by atoms with van der Waals surface area (Å²) in [5.41, 5.74) is 0.993. The van der Waals surface area contributed by atoms with Gasteiger partial charge in [0.15, 0.2) is 0 Å². The molecule has 1 saturated heterocycles. The second-order valence-corrected chi connectivity index (χ2v) is 4.59. The number of aryl methyl sites for hydroxylation is 2. The van der Waals surface area contributed by atoms with Gasteiger partial charge in [0.25, 0.3) is 5.56 Å². The second-order valence-electron chi connectivity index (χ2n) is 4.59. The van der Waals surface area contributed by atoms with Crippen LogP contribution in [0.5, 0.6) is 0 Å². The van der Waals surface area contributed by atoms with Crippen molar-refractivity contribution < 1.29 is 0 Å². The standard InChI is InChI=1S/C13H20N2O/c1-12-6-4-10-15(13(12)16)11-5-9-14-7-2-3-8-14/h4,6,10H,2-3,5,7-9,11H2,1H3. The molecule has 0 aliphatic carbocycles. The number of nitrogens with zero attached hydrogens (tertiary/aromatic N) is 2. The Morgan fingerprint density at radius 2 is 2.00 bits per heavy atom. The van der Waals surface area contributed by atoms with Crippen molar-refractivity contribution in [2.45, 2.75) is 32.7 Å². The van der Waals surface area contributed by atoms with Crippen molar-refractivity contribution in [1.29, 1.82) is 0 Å². The van der Waals surface area contributed by atoms with E-state index in [-0.39, 0.29) is 5.56 Å². The van der Waals surface area contributed by atoms with E-state index < -0.39 is 0 Å². The summed E-state index contributed by atoms with van der Waals surface area (Å²) in [7, 11) is 0. The molecule has 0 saturated carbocycles. The maximum Gasteiger partial charge on any atom is 0.253 e. The van der Waals surface area contributed by atoms with Crippen molar-refractivity contribution in [3.05, 3.63) is 34.2 Å². The van der Waals surface area contributed by atoms with E-state index in [1.54, 1.807) is 0 Å². The summed E-state index contributed by atoms with van der Waals surface area (Å²) in [4.78, 5) is 14.2. The van der Waals surface area contributed by atoms with Crippen LogP contribution in [0.2, 0.25) is 0 Å². The molecule has 0 amide bonds. The first-order valence-electron chi connectivity index (χ1n) is 6.16. The molecule has 1 aromatic rings. The Labute approximate surface area is 96.7 Å². The molecule has 1 aromatic heterocycles. The smallest absolute Gasteiger partial charge is 0.253 e. The zero-order chi connectivity index (χ0) is 11.4. The molecule has 0 radical (unpaired) electrons. The van der Waals surface area contributed by atoms with E-state index in [0.29, 0.717) is 0 Å². The summed E-state index contributed by atoms with van der Waals surface area (Å²) >= 11 is 0. The molecule has 0 N–H and O–H groups in total. The lowest BCUT2D eigenvalue weighted by Crippen LogP contribution is -2.25. The molecule has 2 heterocycles. The highest BCUT2D eigenvalue weighted by molar-refractivity contribution is 5.07. The molecular formula is C13H20N2O. The van der Waals surface area contributed by atoms with Crippen LogP contribution in [-0.2, 0) is 6.54 Å². The van der Waals surface area contributed by atoms with Gasteiger partial charge in [-0.2, -0.15) is 0 Å². The molecule has 16 heavy (non-hydrogen) atoms. The number of hydrogen-bond donors (Lipinski definition) is 0. The van der Waals surface area contributed by atoms with Crippen molar-refractivity contribution in [1.82, 2.24) is 9.47 Å². The monoisotopic (exact) mass is 220 g/mol. The van der Waals surface area contributed by atoms with Crippen LogP contribution in [0, 0.1) is 6.92 Å². The zero-order valence-corrected chi connectivity index (χ0v) is 9.98. The lowest BCUT2D eigenvalue weighted by atomic mass is 10.3. The van der Waals surface area contributed by atoms with Gasteiger partial charge in [-0.3, -0.25) is 4.79 Å². The van der Waals surface area contributed by atoms with E-state index in [1.165, 1.54) is 25.9 Å². The van der Waals surface area contributed by atoms with E-state index in [0.717, 1.165) is 25.1 Å². The van der Waals surface area contributed by atoms with E-state index in [4.69, 9.17) is 0 Å². The summed E-state index contributed by atoms with van der Waals surface area (Å²) in [6.45, 7) is 6.32. The summed E-state index contributed by atoms with van der Waals surface area (Å²) in [6, 6.07) is 3.83. The fourth-order valence-corrected chi connectivity index (χ4v) is 2.30. The van der Waals surface area contributed by atoms with Gasteiger partial charge in [-0.15, -0.1) is 0 Å². The Hall–Kier alpha value is -1.09. The second kappa shape index (κ2) is 5.30. The van der Waals surface area contributed by atoms with Crippen LogP contribution in [0.4, 0.5) is 0 Å². The van der Waals surface area contributed by atoms with E-state index in [1.807, 2.05) is 29.8 Å². The highest BCUT2D eigenvalue weighted by Crippen LogP contribution is 2.07. The third kappa shape index (κ3) is 2.73. The number of pyridine rings is 1. The van der Waals surface area contributed by atoms with Crippen LogP contribution in [0.25, 0.3) is 0 Å².